The van der Waals surface area contributed by atoms with Crippen molar-refractivity contribution in [3.8, 4) is 5.75 Å². The molecule has 1 aromatic carbocycles. The maximum atomic E-state index is 11.7. The first-order chi connectivity index (χ1) is 8.11. The molecule has 0 spiro atoms. The lowest BCUT2D eigenvalue weighted by atomic mass is 10.2. The summed E-state index contributed by atoms with van der Waals surface area (Å²) in [6.07, 6.45) is -0.415. The van der Waals surface area contributed by atoms with Crippen LogP contribution in [0.5, 0.6) is 5.75 Å². The van der Waals surface area contributed by atoms with E-state index in [2.05, 4.69) is 4.98 Å². The molecule has 0 bridgehead atoms. The number of nitrogens with zero attached hydrogens (tertiary/aromatic N) is 1. The molecule has 90 valence electrons. The van der Waals surface area contributed by atoms with Crippen molar-refractivity contribution in [2.75, 3.05) is 7.11 Å². The molecule has 2 rings (SSSR count). The number of para-hydroxylation sites is 1. The van der Waals surface area contributed by atoms with Gasteiger partial charge in [-0.2, -0.15) is 0 Å². The maximum absolute atomic E-state index is 11.7. The summed E-state index contributed by atoms with van der Waals surface area (Å²) in [4.78, 5) is 15.9. The highest BCUT2D eigenvalue weighted by Crippen LogP contribution is 2.21. The van der Waals surface area contributed by atoms with Gasteiger partial charge in [-0.25, -0.2) is 9.78 Å². The van der Waals surface area contributed by atoms with Crippen LogP contribution in [0.4, 0.5) is 0 Å². The lowest BCUT2D eigenvalue weighted by Crippen LogP contribution is -2.11. The highest BCUT2D eigenvalue weighted by atomic mass is 16.5. The molecular weight excluding hydrogens is 222 g/mol. The fraction of sp³-hybridized carbons (Fsp3) is 0.333. The van der Waals surface area contributed by atoms with Gasteiger partial charge in [0.05, 0.1) is 25.0 Å². The fourth-order valence-electron chi connectivity index (χ4n) is 1.62. The van der Waals surface area contributed by atoms with E-state index in [4.69, 9.17) is 9.15 Å². The van der Waals surface area contributed by atoms with Crippen LogP contribution in [-0.2, 0) is 6.42 Å². The molecule has 1 heterocycles. The topological polar surface area (TPSA) is 72.6 Å². The normalized spacial score (nSPS) is 12.6. The largest absolute Gasteiger partial charge is 0.494 e. The first kappa shape index (κ1) is 11.6. The third-order valence-electron chi connectivity index (χ3n) is 2.36. The van der Waals surface area contributed by atoms with E-state index in [1.165, 1.54) is 7.11 Å². The Hall–Kier alpha value is -1.88. The van der Waals surface area contributed by atoms with Crippen LogP contribution in [0.25, 0.3) is 10.9 Å². The van der Waals surface area contributed by atoms with Gasteiger partial charge in [0.1, 0.15) is 11.3 Å². The predicted molar refractivity (Wildman–Crippen MR) is 62.2 cm³/mol. The summed E-state index contributed by atoms with van der Waals surface area (Å²) in [6, 6.07) is 5.05. The number of aliphatic hydroxyl groups is 1. The van der Waals surface area contributed by atoms with Gasteiger partial charge in [0, 0.05) is 0 Å². The van der Waals surface area contributed by atoms with Crippen LogP contribution >= 0.6 is 0 Å². The van der Waals surface area contributed by atoms with Gasteiger partial charge in [0.2, 0.25) is 5.89 Å². The van der Waals surface area contributed by atoms with Gasteiger partial charge in [-0.15, -0.1) is 0 Å². The number of hydrogen-bond acceptors (Lipinski definition) is 5. The molecule has 1 unspecified atom stereocenters. The number of aliphatic hydroxyl groups excluding tert-OH is 1. The highest BCUT2D eigenvalue weighted by Gasteiger charge is 2.11. The second-order valence-electron chi connectivity index (χ2n) is 3.80. The van der Waals surface area contributed by atoms with E-state index >= 15 is 0 Å². The van der Waals surface area contributed by atoms with Gasteiger partial charge in [-0.1, -0.05) is 6.07 Å². The molecule has 17 heavy (non-hydrogen) atoms. The molecule has 1 N–H and O–H groups in total. The van der Waals surface area contributed by atoms with Crippen molar-refractivity contribution in [3.05, 3.63) is 34.5 Å². The lowest BCUT2D eigenvalue weighted by Gasteiger charge is -2.06. The van der Waals surface area contributed by atoms with E-state index < -0.39 is 11.7 Å². The number of benzene rings is 1. The van der Waals surface area contributed by atoms with Crippen molar-refractivity contribution in [2.24, 2.45) is 0 Å². The molecule has 0 amide bonds. The van der Waals surface area contributed by atoms with Crippen molar-refractivity contribution in [1.29, 1.82) is 0 Å². The Balaban J connectivity index is 2.66. The average Bonchev–Trinajstić information content (AvgIpc) is 2.27. The Morgan fingerprint density at radius 2 is 2.29 bits per heavy atom. The molecule has 0 fully saturated rings. The number of ether oxygens (including phenoxy) is 1. The quantitative estimate of drug-likeness (QED) is 0.863. The van der Waals surface area contributed by atoms with Gasteiger partial charge in [0.15, 0.2) is 0 Å². The van der Waals surface area contributed by atoms with E-state index in [1.54, 1.807) is 25.1 Å². The van der Waals surface area contributed by atoms with Crippen LogP contribution in [0.2, 0.25) is 0 Å². The first-order valence-corrected chi connectivity index (χ1v) is 5.26. The van der Waals surface area contributed by atoms with E-state index in [0.717, 1.165) is 0 Å². The number of aromatic nitrogens is 1. The number of hydrogen-bond donors (Lipinski definition) is 1. The number of rotatable bonds is 3. The van der Waals surface area contributed by atoms with Crippen LogP contribution in [-0.4, -0.2) is 23.3 Å². The summed E-state index contributed by atoms with van der Waals surface area (Å²) in [5.74, 6) is 0.726. The van der Waals surface area contributed by atoms with E-state index in [-0.39, 0.29) is 12.3 Å². The molecular formula is C12H13NO4. The standard InChI is InChI=1S/C12H13NO4/c1-7(14)6-10-13-11-8(12(15)17-10)4-3-5-9(11)16-2/h3-5,7,14H,6H2,1-2H3. The lowest BCUT2D eigenvalue weighted by molar-refractivity contribution is 0.183. The minimum Gasteiger partial charge on any atom is -0.494 e. The SMILES string of the molecule is COc1cccc2c(=O)oc(CC(C)O)nc12. The summed E-state index contributed by atoms with van der Waals surface area (Å²) < 4.78 is 10.2. The van der Waals surface area contributed by atoms with Gasteiger partial charge in [0.25, 0.3) is 0 Å². The van der Waals surface area contributed by atoms with Crippen molar-refractivity contribution in [2.45, 2.75) is 19.4 Å². The summed E-state index contributed by atoms with van der Waals surface area (Å²) in [5, 5.41) is 9.64. The van der Waals surface area contributed by atoms with Gasteiger partial charge in [-0.3, -0.25) is 0 Å². The molecule has 0 saturated carbocycles. The molecule has 5 heteroatoms. The van der Waals surface area contributed by atoms with Crippen molar-refractivity contribution in [3.63, 3.8) is 0 Å². The molecule has 1 atom stereocenters. The fourth-order valence-corrected chi connectivity index (χ4v) is 1.62. The molecule has 0 aliphatic carbocycles. The van der Waals surface area contributed by atoms with Crippen LogP contribution < -0.4 is 10.4 Å². The van der Waals surface area contributed by atoms with Crippen LogP contribution in [0.3, 0.4) is 0 Å². The third kappa shape index (κ3) is 2.29. The Kier molecular flexibility index (Phi) is 3.10. The molecule has 0 aliphatic heterocycles. The van der Waals surface area contributed by atoms with Gasteiger partial charge >= 0.3 is 5.63 Å². The van der Waals surface area contributed by atoms with Crippen molar-refractivity contribution >= 4 is 10.9 Å². The minimum atomic E-state index is -0.613. The summed E-state index contributed by atoms with van der Waals surface area (Å²) in [5.41, 5.74) is -0.00792. The van der Waals surface area contributed by atoms with Crippen LogP contribution in [0.1, 0.15) is 12.8 Å². The van der Waals surface area contributed by atoms with Crippen LogP contribution in [0, 0.1) is 0 Å². The van der Waals surface area contributed by atoms with E-state index in [0.29, 0.717) is 16.7 Å². The van der Waals surface area contributed by atoms with Gasteiger partial charge in [-0.05, 0) is 19.1 Å². The second-order valence-corrected chi connectivity index (χ2v) is 3.80. The van der Waals surface area contributed by atoms with Crippen molar-refractivity contribution in [1.82, 2.24) is 4.98 Å². The molecule has 0 aliphatic rings. The highest BCUT2D eigenvalue weighted by molar-refractivity contribution is 5.83. The molecule has 2 aromatic rings. The zero-order valence-corrected chi connectivity index (χ0v) is 9.64. The average molecular weight is 235 g/mol. The van der Waals surface area contributed by atoms with E-state index in [1.807, 2.05) is 0 Å². The number of methoxy groups -OCH3 is 1. The summed E-state index contributed by atoms with van der Waals surface area (Å²) >= 11 is 0. The molecule has 0 saturated heterocycles. The Morgan fingerprint density at radius 3 is 2.94 bits per heavy atom. The summed E-state index contributed by atoms with van der Waals surface area (Å²) in [6.45, 7) is 1.61. The molecule has 5 nitrogen and oxygen atoms in total. The zero-order chi connectivity index (χ0) is 12.4. The summed E-state index contributed by atoms with van der Waals surface area (Å²) in [7, 11) is 1.51. The van der Waals surface area contributed by atoms with Crippen molar-refractivity contribution < 1.29 is 14.3 Å². The maximum Gasteiger partial charge on any atom is 0.346 e. The Morgan fingerprint density at radius 1 is 1.53 bits per heavy atom. The van der Waals surface area contributed by atoms with E-state index in [9.17, 15) is 9.90 Å². The second kappa shape index (κ2) is 4.55. The smallest absolute Gasteiger partial charge is 0.346 e. The zero-order valence-electron chi connectivity index (χ0n) is 9.64. The molecule has 1 aromatic heterocycles. The van der Waals surface area contributed by atoms with Gasteiger partial charge < -0.3 is 14.3 Å². The number of fused-ring (bicyclic) bond motifs is 1. The monoisotopic (exact) mass is 235 g/mol. The molecule has 0 radical (unpaired) electrons. The predicted octanol–water partition coefficient (Wildman–Crippen LogP) is 1.12. The first-order valence-electron chi connectivity index (χ1n) is 5.26. The Labute approximate surface area is 97.7 Å². The third-order valence-corrected chi connectivity index (χ3v) is 2.36. The Bertz CT molecular complexity index is 589. The minimum absolute atomic E-state index is 0.198. The van der Waals surface area contributed by atoms with Crippen LogP contribution in [0.15, 0.2) is 27.4 Å².